The number of amides is 1. The van der Waals surface area contributed by atoms with E-state index in [0.717, 1.165) is 56.2 Å². The van der Waals surface area contributed by atoms with Crippen molar-refractivity contribution in [2.45, 2.75) is 19.3 Å². The maximum atomic E-state index is 12.3. The normalized spacial score (nSPS) is 15.3. The zero-order chi connectivity index (χ0) is 17.5. The number of rotatable bonds is 7. The summed E-state index contributed by atoms with van der Waals surface area (Å²) < 4.78 is 5.19. The molecule has 5 heteroatoms. The number of aryl methyl sites for hydroxylation is 1. The lowest BCUT2D eigenvalue weighted by Gasteiger charge is -2.34. The van der Waals surface area contributed by atoms with Gasteiger partial charge in [-0.15, -0.1) is 11.3 Å². The van der Waals surface area contributed by atoms with Crippen molar-refractivity contribution in [3.8, 4) is 5.75 Å². The third-order valence-corrected chi connectivity index (χ3v) is 5.61. The van der Waals surface area contributed by atoms with Gasteiger partial charge in [0.2, 0.25) is 5.91 Å². The van der Waals surface area contributed by atoms with Crippen LogP contribution in [-0.4, -0.2) is 55.5 Å². The van der Waals surface area contributed by atoms with Gasteiger partial charge in [-0.05, 0) is 48.5 Å². The minimum atomic E-state index is 0.264. The topological polar surface area (TPSA) is 32.8 Å². The molecular formula is C20H26N2O2S. The Bertz CT molecular complexity index is 647. The van der Waals surface area contributed by atoms with Crippen LogP contribution in [-0.2, 0) is 17.6 Å². The number of methoxy groups -OCH3 is 1. The number of carbonyl (C=O) groups excluding carboxylic acids is 1. The van der Waals surface area contributed by atoms with Crippen LogP contribution in [0.4, 0.5) is 0 Å². The van der Waals surface area contributed by atoms with Gasteiger partial charge in [-0.25, -0.2) is 0 Å². The minimum Gasteiger partial charge on any atom is -0.497 e. The van der Waals surface area contributed by atoms with Crippen LogP contribution in [0.15, 0.2) is 41.8 Å². The summed E-state index contributed by atoms with van der Waals surface area (Å²) in [4.78, 5) is 18.0. The van der Waals surface area contributed by atoms with Crippen LogP contribution in [0.25, 0.3) is 0 Å². The standard InChI is InChI=1S/C20H26N2O2S/c1-24-18-8-6-17(7-9-18)4-2-10-21-11-13-22(14-12-21)20(23)16-19-5-3-15-25-19/h3,5-9,15H,2,4,10-14,16H2,1H3. The van der Waals surface area contributed by atoms with Crippen LogP contribution in [0.2, 0.25) is 0 Å². The molecule has 2 heterocycles. The first-order chi connectivity index (χ1) is 12.2. The van der Waals surface area contributed by atoms with E-state index in [1.54, 1.807) is 18.4 Å². The Labute approximate surface area is 154 Å². The zero-order valence-electron chi connectivity index (χ0n) is 14.8. The van der Waals surface area contributed by atoms with Gasteiger partial charge in [0.1, 0.15) is 5.75 Å². The van der Waals surface area contributed by atoms with Crippen molar-refractivity contribution in [1.82, 2.24) is 9.80 Å². The Morgan fingerprint density at radius 2 is 1.88 bits per heavy atom. The second-order valence-electron chi connectivity index (χ2n) is 6.43. The lowest BCUT2D eigenvalue weighted by Crippen LogP contribution is -2.49. The van der Waals surface area contributed by atoms with Crippen LogP contribution in [0.5, 0.6) is 5.75 Å². The smallest absolute Gasteiger partial charge is 0.227 e. The highest BCUT2D eigenvalue weighted by Crippen LogP contribution is 2.14. The first-order valence-electron chi connectivity index (χ1n) is 8.90. The molecule has 2 aromatic rings. The van der Waals surface area contributed by atoms with E-state index in [1.165, 1.54) is 5.56 Å². The molecule has 1 aliphatic heterocycles. The van der Waals surface area contributed by atoms with Gasteiger partial charge < -0.3 is 9.64 Å². The highest BCUT2D eigenvalue weighted by atomic mass is 32.1. The molecule has 0 spiro atoms. The molecule has 1 aromatic carbocycles. The van der Waals surface area contributed by atoms with Gasteiger partial charge in [0, 0.05) is 31.1 Å². The number of carbonyl (C=O) groups is 1. The minimum absolute atomic E-state index is 0.264. The van der Waals surface area contributed by atoms with Gasteiger partial charge in [0.25, 0.3) is 0 Å². The monoisotopic (exact) mass is 358 g/mol. The van der Waals surface area contributed by atoms with Crippen LogP contribution in [0.3, 0.4) is 0 Å². The molecule has 134 valence electrons. The summed E-state index contributed by atoms with van der Waals surface area (Å²) in [6.45, 7) is 4.77. The van der Waals surface area contributed by atoms with Gasteiger partial charge in [0.15, 0.2) is 0 Å². The number of hydrogen-bond acceptors (Lipinski definition) is 4. The van der Waals surface area contributed by atoms with Gasteiger partial charge in [-0.3, -0.25) is 9.69 Å². The van der Waals surface area contributed by atoms with E-state index in [0.29, 0.717) is 6.42 Å². The quantitative estimate of drug-likeness (QED) is 0.763. The second-order valence-corrected chi connectivity index (χ2v) is 7.46. The fourth-order valence-corrected chi connectivity index (χ4v) is 3.89. The summed E-state index contributed by atoms with van der Waals surface area (Å²) in [5.74, 6) is 1.17. The Hall–Kier alpha value is -1.85. The van der Waals surface area contributed by atoms with Gasteiger partial charge in [0.05, 0.1) is 13.5 Å². The average Bonchev–Trinajstić information content (AvgIpc) is 3.16. The van der Waals surface area contributed by atoms with E-state index >= 15 is 0 Å². The highest BCUT2D eigenvalue weighted by molar-refractivity contribution is 7.10. The number of nitrogens with zero attached hydrogens (tertiary/aromatic N) is 2. The van der Waals surface area contributed by atoms with Crippen molar-refractivity contribution in [2.24, 2.45) is 0 Å². The van der Waals surface area contributed by atoms with Crippen molar-refractivity contribution in [3.63, 3.8) is 0 Å². The zero-order valence-corrected chi connectivity index (χ0v) is 15.6. The lowest BCUT2D eigenvalue weighted by molar-refractivity contribution is -0.132. The molecule has 4 nitrogen and oxygen atoms in total. The Balaban J connectivity index is 1.35. The molecule has 0 bridgehead atoms. The number of hydrogen-bond donors (Lipinski definition) is 0. The van der Waals surface area contributed by atoms with Crippen LogP contribution >= 0.6 is 11.3 Å². The Kier molecular flexibility index (Phi) is 6.48. The molecule has 0 atom stereocenters. The van der Waals surface area contributed by atoms with Gasteiger partial charge >= 0.3 is 0 Å². The molecular weight excluding hydrogens is 332 g/mol. The molecule has 1 aromatic heterocycles. The summed E-state index contributed by atoms with van der Waals surface area (Å²) >= 11 is 1.66. The third kappa shape index (κ3) is 5.31. The molecule has 1 fully saturated rings. The lowest BCUT2D eigenvalue weighted by atomic mass is 10.1. The summed E-state index contributed by atoms with van der Waals surface area (Å²) in [6, 6.07) is 12.4. The Morgan fingerprint density at radius 3 is 2.52 bits per heavy atom. The van der Waals surface area contributed by atoms with E-state index in [4.69, 9.17) is 4.74 Å². The largest absolute Gasteiger partial charge is 0.497 e. The molecule has 0 aliphatic carbocycles. The van der Waals surface area contributed by atoms with Crippen molar-refractivity contribution < 1.29 is 9.53 Å². The molecule has 25 heavy (non-hydrogen) atoms. The predicted octanol–water partition coefficient (Wildman–Crippen LogP) is 3.08. The number of ether oxygens (including phenoxy) is 1. The van der Waals surface area contributed by atoms with E-state index in [1.807, 2.05) is 34.5 Å². The molecule has 1 amide bonds. The SMILES string of the molecule is COc1ccc(CCCN2CCN(C(=O)Cc3cccs3)CC2)cc1. The summed E-state index contributed by atoms with van der Waals surface area (Å²) in [6.07, 6.45) is 2.78. The Morgan fingerprint density at radius 1 is 1.12 bits per heavy atom. The fraction of sp³-hybridized carbons (Fsp3) is 0.450. The van der Waals surface area contributed by atoms with Crippen molar-refractivity contribution in [1.29, 1.82) is 0 Å². The van der Waals surface area contributed by atoms with Gasteiger partial charge in [-0.2, -0.15) is 0 Å². The number of thiophene rings is 1. The molecule has 0 unspecified atom stereocenters. The van der Waals surface area contributed by atoms with Crippen molar-refractivity contribution >= 4 is 17.2 Å². The fourth-order valence-electron chi connectivity index (χ4n) is 3.19. The molecule has 0 N–H and O–H groups in total. The first kappa shape index (κ1) is 18.0. The molecule has 0 radical (unpaired) electrons. The molecule has 1 aliphatic rings. The number of piperazine rings is 1. The molecule has 3 rings (SSSR count). The van der Waals surface area contributed by atoms with Crippen LogP contribution in [0, 0.1) is 0 Å². The first-order valence-corrected chi connectivity index (χ1v) is 9.78. The summed E-state index contributed by atoms with van der Waals surface area (Å²) in [7, 11) is 1.69. The second kappa shape index (κ2) is 9.02. The molecule has 0 saturated carbocycles. The van der Waals surface area contributed by atoms with Crippen LogP contribution < -0.4 is 4.74 Å². The molecule has 1 saturated heterocycles. The summed E-state index contributed by atoms with van der Waals surface area (Å²) in [5.41, 5.74) is 1.35. The average molecular weight is 359 g/mol. The number of benzene rings is 1. The summed E-state index contributed by atoms with van der Waals surface area (Å²) in [5, 5.41) is 2.03. The van der Waals surface area contributed by atoms with E-state index in [9.17, 15) is 4.79 Å². The van der Waals surface area contributed by atoms with E-state index in [-0.39, 0.29) is 5.91 Å². The highest BCUT2D eigenvalue weighted by Gasteiger charge is 2.20. The predicted molar refractivity (Wildman–Crippen MR) is 102 cm³/mol. The van der Waals surface area contributed by atoms with E-state index in [2.05, 4.69) is 17.0 Å². The maximum Gasteiger partial charge on any atom is 0.227 e. The van der Waals surface area contributed by atoms with E-state index < -0.39 is 0 Å². The van der Waals surface area contributed by atoms with Gasteiger partial charge in [-0.1, -0.05) is 18.2 Å². The maximum absolute atomic E-state index is 12.3. The van der Waals surface area contributed by atoms with Crippen molar-refractivity contribution in [3.05, 3.63) is 52.2 Å². The van der Waals surface area contributed by atoms with Crippen molar-refractivity contribution in [2.75, 3.05) is 39.8 Å². The van der Waals surface area contributed by atoms with Crippen LogP contribution in [0.1, 0.15) is 16.9 Å². The third-order valence-electron chi connectivity index (χ3n) is 4.73.